The van der Waals surface area contributed by atoms with Crippen molar-refractivity contribution in [3.05, 3.63) is 80.0 Å². The molecular formula is C61H77IN2O20S3. The van der Waals surface area contributed by atoms with Crippen LogP contribution < -0.4 is 25.0 Å². The first-order valence-corrected chi connectivity index (χ1v) is 32.8. The Labute approximate surface area is 532 Å². The number of ketones is 2. The fraction of sp³-hybridized carbons (Fsp3) is 0.590. The number of hydrogen-bond donors (Lipinski definition) is 7. The van der Waals surface area contributed by atoms with E-state index >= 15 is 0 Å². The molecule has 4 saturated heterocycles. The van der Waals surface area contributed by atoms with E-state index in [-0.39, 0.29) is 83.3 Å². The van der Waals surface area contributed by atoms with Crippen molar-refractivity contribution in [2.75, 3.05) is 47.3 Å². The molecule has 8 rings (SSSR count). The Hall–Kier alpha value is -3.67. The van der Waals surface area contributed by atoms with Crippen molar-refractivity contribution in [2.24, 2.45) is 0 Å². The van der Waals surface area contributed by atoms with Crippen LogP contribution in [0.3, 0.4) is 0 Å². The first kappa shape index (κ1) is 69.2. The molecule has 0 spiro atoms. The number of thioether (sulfide) groups is 1. The molecule has 0 unspecified atom stereocenters. The van der Waals surface area contributed by atoms with Crippen molar-refractivity contribution < 1.29 is 96.9 Å². The van der Waals surface area contributed by atoms with Gasteiger partial charge in [0.05, 0.1) is 84.2 Å². The summed E-state index contributed by atoms with van der Waals surface area (Å²) in [6, 6.07) is 8.50. The molecule has 476 valence electrons. The fourth-order valence-corrected chi connectivity index (χ4v) is 14.9. The number of Topliss-reactive ketones (excluding diaryl/α,β-unsaturated/α-hetero) is 2. The van der Waals surface area contributed by atoms with Gasteiger partial charge >= 0.3 is 0 Å². The van der Waals surface area contributed by atoms with Crippen LogP contribution in [0, 0.1) is 34.2 Å². The largest absolute Gasteiger partial charge is 0.492 e. The smallest absolute Gasteiger partial charge is 0.229 e. The Morgan fingerprint density at radius 2 is 1.59 bits per heavy atom. The van der Waals surface area contributed by atoms with Crippen LogP contribution in [-0.4, -0.2) is 205 Å². The van der Waals surface area contributed by atoms with E-state index in [1.807, 2.05) is 59.8 Å². The molecule has 0 radical (unpaired) electrons. The third-order valence-electron chi connectivity index (χ3n) is 15.7. The molecule has 2 aromatic carbocycles. The maximum Gasteiger partial charge on any atom is 0.229 e. The number of allylic oxidation sites excluding steroid dienone is 3. The summed E-state index contributed by atoms with van der Waals surface area (Å²) in [6.45, 7) is 10.9. The highest BCUT2D eigenvalue weighted by molar-refractivity contribution is 14.1. The van der Waals surface area contributed by atoms with Crippen LogP contribution in [0.1, 0.15) is 76.2 Å². The van der Waals surface area contributed by atoms with E-state index in [1.165, 1.54) is 62.0 Å². The number of hydrogen-bond acceptors (Lipinski definition) is 25. The van der Waals surface area contributed by atoms with Gasteiger partial charge in [-0.15, -0.1) is 0 Å². The maximum atomic E-state index is 14.5. The van der Waals surface area contributed by atoms with E-state index in [2.05, 4.69) is 34.5 Å². The number of carbonyl (C=O) groups excluding carboxylic acids is 3. The van der Waals surface area contributed by atoms with Crippen LogP contribution in [-0.2, 0) is 52.3 Å². The first-order valence-electron chi connectivity index (χ1n) is 28.5. The number of aliphatic hydroxyl groups is 5. The molecule has 4 aliphatic heterocycles. The number of aliphatic hydroxyl groups excluding tert-OH is 4. The average Bonchev–Trinajstić information content (AvgIpc) is 0.940. The number of likely N-dealkylation sites (N-methyl/N-ethyl adjacent to an activating group) is 1. The zero-order valence-electron chi connectivity index (χ0n) is 49.9. The Balaban J connectivity index is 1.02. The number of ether oxygens (including phenoxy) is 11. The predicted molar refractivity (Wildman–Crippen MR) is 331 cm³/mol. The van der Waals surface area contributed by atoms with Gasteiger partial charge in [-0.3, -0.25) is 19.2 Å². The summed E-state index contributed by atoms with van der Waals surface area (Å²) < 4.78 is 68.0. The van der Waals surface area contributed by atoms with Crippen LogP contribution in [0.2, 0.25) is 0 Å². The molecule has 22 nitrogen and oxygen atoms in total. The highest BCUT2D eigenvalue weighted by Gasteiger charge is 2.52. The predicted octanol–water partition coefficient (Wildman–Crippen LogP) is 4.64. The molecule has 6 aliphatic rings. The maximum absolute atomic E-state index is 14.5. The first-order chi connectivity index (χ1) is 41.7. The van der Waals surface area contributed by atoms with Gasteiger partial charge in [0.2, 0.25) is 17.2 Å². The topological polar surface area (TPSA) is 287 Å². The van der Waals surface area contributed by atoms with Crippen molar-refractivity contribution in [1.29, 1.82) is 0 Å². The standard InChI is InChI=1S/C61H77IN2O20S3/c1-11-63-38-29-77-43(27-42(38)73-7)82-55-50(69)48(32(4)79-60(55)81-41-21-17-12-13-18-23-61(72)28-40(67)36(25-30(2)65)46(41)37(61)22-24-85-87-35-19-15-14-16-20-35)64-84-44-26-39(66)57(34(6)78-44)86-58(71)45-31(3)47(62)53(56(76-10)52(45)74-8)83-59-51(70)54(75-9)49(68)33(5)80-59/h12-16,19-20,22,32-34,38-39,41-44,48-51,54-55,57,59-60,63-64,66,68-70,72H,11,24-29H2,1-10H3/b13-12-,37-22+/t32-,33+,34-,38+,39+,41+,42+,43+,44+,48-,49+,50+,51-,54-,55-,57-,59+,60+,61+/m1/s1. The average molecular weight is 1380 g/mol. The number of benzene rings is 2. The highest BCUT2D eigenvalue weighted by Crippen LogP contribution is 2.49. The van der Waals surface area contributed by atoms with Gasteiger partial charge < -0.3 is 83.0 Å². The van der Waals surface area contributed by atoms with E-state index in [4.69, 9.17) is 56.9 Å². The fourth-order valence-electron chi connectivity index (χ4n) is 11.2. The minimum atomic E-state index is -2.01. The van der Waals surface area contributed by atoms with E-state index in [9.17, 15) is 39.9 Å². The van der Waals surface area contributed by atoms with Gasteiger partial charge in [0.1, 0.15) is 42.4 Å². The van der Waals surface area contributed by atoms with Crippen molar-refractivity contribution in [1.82, 2.24) is 10.8 Å². The Kier molecular flexibility index (Phi) is 25.1. The Bertz CT molecular complexity index is 2980. The van der Waals surface area contributed by atoms with E-state index in [0.29, 0.717) is 21.4 Å². The molecule has 2 bridgehead atoms. The summed E-state index contributed by atoms with van der Waals surface area (Å²) in [6.07, 6.45) is -12.6. The number of nitrogens with one attached hydrogen (secondary N) is 2. The van der Waals surface area contributed by atoms with Crippen molar-refractivity contribution in [3.63, 3.8) is 0 Å². The van der Waals surface area contributed by atoms with Crippen molar-refractivity contribution >= 4 is 72.6 Å². The van der Waals surface area contributed by atoms with Gasteiger partial charge in [-0.05, 0) is 93.6 Å². The second kappa shape index (κ2) is 31.6. The second-order valence-electron chi connectivity index (χ2n) is 21.6. The zero-order valence-corrected chi connectivity index (χ0v) is 54.5. The molecule has 2 aliphatic carbocycles. The van der Waals surface area contributed by atoms with Gasteiger partial charge in [-0.2, -0.15) is 5.48 Å². The zero-order chi connectivity index (χ0) is 62.9. The third-order valence-corrected chi connectivity index (χ3v) is 20.6. The molecule has 0 saturated carbocycles. The molecule has 19 atom stereocenters. The van der Waals surface area contributed by atoms with Gasteiger partial charge in [-0.25, -0.2) is 0 Å². The molecule has 2 aromatic rings. The van der Waals surface area contributed by atoms with Crippen molar-refractivity contribution in [3.8, 4) is 40.9 Å². The van der Waals surface area contributed by atoms with E-state index in [1.54, 1.807) is 40.9 Å². The molecule has 0 amide bonds. The normalized spacial score (nSPS) is 35.1. The monoisotopic (exact) mass is 1380 g/mol. The number of methoxy groups -OCH3 is 4. The quantitative estimate of drug-likeness (QED) is 0.0262. The Morgan fingerprint density at radius 1 is 0.862 bits per heavy atom. The van der Waals surface area contributed by atoms with E-state index < -0.39 is 120 Å². The van der Waals surface area contributed by atoms with Crippen LogP contribution in [0.5, 0.6) is 17.2 Å². The molecule has 4 heterocycles. The SMILES string of the molecule is CCN[C@H]1CO[C@@H](O[C@H]2[C@H](O[C@H]3C#C/C=C\C#C[C@]4(O)CC(=O)C(CC(C)=O)=C3/C4=C\CSSc3ccccc3)O[C@H](C)[C@@H](NO[C@H]3C[C@H](O)[C@H](SC(=O)c4c(C)c(I)c(O[C@@H]5O[C@@H](C)[C@H](O)[C@@H](OC)[C@H]5O)c(OC)c4OC)[C@@H](C)O3)[C@@H]2O)C[C@@H]1OC. The minimum Gasteiger partial charge on any atom is -0.492 e. The van der Waals surface area contributed by atoms with Crippen LogP contribution >= 0.6 is 55.9 Å². The molecular weight excluding hydrogens is 1300 g/mol. The lowest BCUT2D eigenvalue weighted by molar-refractivity contribution is -0.336. The Morgan fingerprint density at radius 3 is 2.26 bits per heavy atom. The lowest BCUT2D eigenvalue weighted by atomic mass is 9.72. The summed E-state index contributed by atoms with van der Waals surface area (Å²) in [5.41, 5.74) is 1.99. The lowest BCUT2D eigenvalue weighted by Crippen LogP contribution is -2.65. The molecule has 26 heteroatoms. The number of halogens is 1. The number of hydroxylamine groups is 1. The summed E-state index contributed by atoms with van der Waals surface area (Å²) in [5, 5.41) is 60.5. The van der Waals surface area contributed by atoms with Crippen molar-refractivity contribution in [2.45, 2.75) is 187 Å². The molecule has 7 N–H and O–H groups in total. The molecule has 0 aromatic heterocycles. The van der Waals surface area contributed by atoms with Gasteiger partial charge in [0.25, 0.3) is 0 Å². The summed E-state index contributed by atoms with van der Waals surface area (Å²) >= 11 is 2.84. The number of rotatable bonds is 23. The van der Waals surface area contributed by atoms with Crippen LogP contribution in [0.15, 0.2) is 70.2 Å². The summed E-state index contributed by atoms with van der Waals surface area (Å²) in [4.78, 5) is 48.8. The highest BCUT2D eigenvalue weighted by atomic mass is 127. The van der Waals surface area contributed by atoms with E-state index in [0.717, 1.165) is 16.7 Å². The van der Waals surface area contributed by atoms with Gasteiger partial charge in [-0.1, -0.05) is 88.2 Å². The van der Waals surface area contributed by atoms with Crippen LogP contribution in [0.4, 0.5) is 0 Å². The summed E-state index contributed by atoms with van der Waals surface area (Å²) in [5.74, 6) is 11.5. The molecule has 4 fully saturated rings. The second-order valence-corrected chi connectivity index (χ2v) is 26.2. The lowest BCUT2D eigenvalue weighted by Gasteiger charge is -2.46. The summed E-state index contributed by atoms with van der Waals surface area (Å²) in [7, 11) is 8.69. The third kappa shape index (κ3) is 16.2. The van der Waals surface area contributed by atoms with Crippen LogP contribution in [0.25, 0.3) is 0 Å². The van der Waals surface area contributed by atoms with Gasteiger partial charge in [0, 0.05) is 60.8 Å². The number of carbonyl (C=O) groups is 3. The molecule has 87 heavy (non-hydrogen) atoms. The number of fused-ring (bicyclic) bond motifs is 2. The minimum absolute atomic E-state index is 0.0317. The van der Waals surface area contributed by atoms with Gasteiger partial charge in [0.15, 0.2) is 41.8 Å².